The Hall–Kier alpha value is -2.55. The number of carboxylic acid groups (broad SMARTS) is 1. The zero-order chi connectivity index (χ0) is 15.3. The van der Waals surface area contributed by atoms with Crippen molar-refractivity contribution in [1.29, 1.82) is 5.26 Å². The number of carbonyl (C=O) groups excluding carboxylic acids is 1. The van der Waals surface area contributed by atoms with E-state index in [4.69, 9.17) is 10.4 Å². The molecule has 0 bridgehead atoms. The number of aliphatic carboxylic acids is 1. The predicted octanol–water partition coefficient (Wildman–Crippen LogP) is 1.91. The van der Waals surface area contributed by atoms with Crippen LogP contribution < -0.4 is 4.90 Å². The molecule has 0 aromatic heterocycles. The van der Waals surface area contributed by atoms with E-state index in [-0.39, 0.29) is 0 Å². The number of carboxylic acids is 1. The quantitative estimate of drug-likeness (QED) is 0.909. The number of carbonyl (C=O) groups is 2. The van der Waals surface area contributed by atoms with E-state index in [0.29, 0.717) is 17.7 Å². The molecule has 0 spiro atoms. The van der Waals surface area contributed by atoms with Gasteiger partial charge in [0.05, 0.1) is 11.6 Å². The lowest BCUT2D eigenvalue weighted by Gasteiger charge is -2.29. The van der Waals surface area contributed by atoms with Gasteiger partial charge in [0.15, 0.2) is 0 Å². The van der Waals surface area contributed by atoms with Gasteiger partial charge in [-0.15, -0.1) is 0 Å². The maximum Gasteiger partial charge on any atom is 0.326 e. The van der Waals surface area contributed by atoms with Gasteiger partial charge >= 0.3 is 12.0 Å². The molecule has 20 heavy (non-hydrogen) atoms. The topological polar surface area (TPSA) is 84.6 Å². The fourth-order valence-electron chi connectivity index (χ4n) is 1.85. The molecular formula is C14H17N3O3. The second-order valence-electron chi connectivity index (χ2n) is 4.37. The van der Waals surface area contributed by atoms with Gasteiger partial charge in [-0.2, -0.15) is 5.26 Å². The molecule has 6 nitrogen and oxygen atoms in total. The molecule has 0 saturated heterocycles. The summed E-state index contributed by atoms with van der Waals surface area (Å²) in [5.74, 6) is -1.03. The summed E-state index contributed by atoms with van der Waals surface area (Å²) in [6.07, 6.45) is 0.332. The van der Waals surface area contributed by atoms with Crippen molar-refractivity contribution in [2.45, 2.75) is 19.4 Å². The normalized spacial score (nSPS) is 11.3. The summed E-state index contributed by atoms with van der Waals surface area (Å²) in [5, 5.41) is 17.8. The van der Waals surface area contributed by atoms with Gasteiger partial charge in [0.1, 0.15) is 6.04 Å². The maximum absolute atomic E-state index is 12.2. The molecule has 1 unspecified atom stereocenters. The SMILES string of the molecule is CCC(C(=O)O)N(C)C(=O)N(C)c1ccc(C#N)cc1. The van der Waals surface area contributed by atoms with Gasteiger partial charge in [-0.05, 0) is 30.7 Å². The lowest BCUT2D eigenvalue weighted by Crippen LogP contribution is -2.47. The van der Waals surface area contributed by atoms with Crippen LogP contribution in [0.15, 0.2) is 24.3 Å². The number of likely N-dealkylation sites (N-methyl/N-ethyl adjacent to an activating group) is 1. The minimum absolute atomic E-state index is 0.332. The molecule has 0 radical (unpaired) electrons. The number of hydrogen-bond donors (Lipinski definition) is 1. The Labute approximate surface area is 117 Å². The van der Waals surface area contributed by atoms with Crippen LogP contribution in [0.25, 0.3) is 0 Å². The van der Waals surface area contributed by atoms with Crippen molar-refractivity contribution in [3.05, 3.63) is 29.8 Å². The fraction of sp³-hybridized carbons (Fsp3) is 0.357. The van der Waals surface area contributed by atoms with Gasteiger partial charge in [-0.25, -0.2) is 9.59 Å². The van der Waals surface area contributed by atoms with Crippen molar-refractivity contribution in [3.8, 4) is 6.07 Å². The third kappa shape index (κ3) is 3.26. The first kappa shape index (κ1) is 15.5. The predicted molar refractivity (Wildman–Crippen MR) is 74.4 cm³/mol. The van der Waals surface area contributed by atoms with E-state index in [1.165, 1.54) is 16.8 Å². The molecule has 1 aromatic rings. The molecule has 0 heterocycles. The van der Waals surface area contributed by atoms with Crippen molar-refractivity contribution >= 4 is 17.7 Å². The Balaban J connectivity index is 2.90. The third-order valence-electron chi connectivity index (χ3n) is 3.11. The van der Waals surface area contributed by atoms with Crippen molar-refractivity contribution in [3.63, 3.8) is 0 Å². The summed E-state index contributed by atoms with van der Waals surface area (Å²) >= 11 is 0. The fourth-order valence-corrected chi connectivity index (χ4v) is 1.85. The zero-order valence-electron chi connectivity index (χ0n) is 11.7. The van der Waals surface area contributed by atoms with E-state index in [1.807, 2.05) is 6.07 Å². The maximum atomic E-state index is 12.2. The van der Waals surface area contributed by atoms with Crippen molar-refractivity contribution < 1.29 is 14.7 Å². The van der Waals surface area contributed by atoms with E-state index in [1.54, 1.807) is 38.2 Å². The molecule has 1 atom stereocenters. The highest BCUT2D eigenvalue weighted by molar-refractivity contribution is 5.93. The minimum Gasteiger partial charge on any atom is -0.480 e. The molecular weight excluding hydrogens is 258 g/mol. The second-order valence-corrected chi connectivity index (χ2v) is 4.37. The Bertz CT molecular complexity index is 534. The van der Waals surface area contributed by atoms with E-state index >= 15 is 0 Å². The summed E-state index contributed by atoms with van der Waals surface area (Å²) in [6, 6.07) is 7.22. The Morgan fingerprint density at radius 1 is 1.30 bits per heavy atom. The van der Waals surface area contributed by atoms with Gasteiger partial charge in [0.2, 0.25) is 0 Å². The Morgan fingerprint density at radius 3 is 2.25 bits per heavy atom. The average Bonchev–Trinajstić information content (AvgIpc) is 2.46. The Kier molecular flexibility index (Phi) is 5.09. The van der Waals surface area contributed by atoms with E-state index in [2.05, 4.69) is 0 Å². The van der Waals surface area contributed by atoms with Crippen molar-refractivity contribution in [1.82, 2.24) is 4.90 Å². The van der Waals surface area contributed by atoms with Crippen LogP contribution in [0.4, 0.5) is 10.5 Å². The van der Waals surface area contributed by atoms with E-state index < -0.39 is 18.0 Å². The molecule has 6 heteroatoms. The number of urea groups is 1. The first-order chi connectivity index (χ1) is 9.42. The van der Waals surface area contributed by atoms with Crippen LogP contribution in [0.5, 0.6) is 0 Å². The first-order valence-electron chi connectivity index (χ1n) is 6.15. The molecule has 0 saturated carbocycles. The second kappa shape index (κ2) is 6.57. The van der Waals surface area contributed by atoms with E-state index in [0.717, 1.165) is 0 Å². The summed E-state index contributed by atoms with van der Waals surface area (Å²) < 4.78 is 0. The highest BCUT2D eigenvalue weighted by atomic mass is 16.4. The molecule has 2 amide bonds. The van der Waals surface area contributed by atoms with Crippen molar-refractivity contribution in [2.75, 3.05) is 19.0 Å². The van der Waals surface area contributed by atoms with Gasteiger partial charge < -0.3 is 10.0 Å². The summed E-state index contributed by atoms with van der Waals surface area (Å²) in [6.45, 7) is 1.71. The summed E-state index contributed by atoms with van der Waals surface area (Å²) in [5.41, 5.74) is 1.10. The molecule has 1 N–H and O–H groups in total. The lowest BCUT2D eigenvalue weighted by molar-refractivity contribution is -0.141. The highest BCUT2D eigenvalue weighted by Crippen LogP contribution is 2.16. The summed E-state index contributed by atoms with van der Waals surface area (Å²) in [7, 11) is 3.03. The number of rotatable bonds is 4. The van der Waals surface area contributed by atoms with Crippen LogP contribution in [0, 0.1) is 11.3 Å². The third-order valence-corrected chi connectivity index (χ3v) is 3.11. The smallest absolute Gasteiger partial charge is 0.326 e. The van der Waals surface area contributed by atoms with Gasteiger partial charge in [-0.3, -0.25) is 4.90 Å². The molecule has 1 rings (SSSR count). The van der Waals surface area contributed by atoms with Crippen molar-refractivity contribution in [2.24, 2.45) is 0 Å². The van der Waals surface area contributed by atoms with Gasteiger partial charge in [0, 0.05) is 19.8 Å². The standard InChI is InChI=1S/C14H17N3O3/c1-4-12(13(18)19)17(3)14(20)16(2)11-7-5-10(9-15)6-8-11/h5-8,12H,4H2,1-3H3,(H,18,19). The van der Waals surface area contributed by atoms with Gasteiger partial charge in [0.25, 0.3) is 0 Å². The molecule has 0 aliphatic heterocycles. The largest absolute Gasteiger partial charge is 0.480 e. The number of nitrogens with zero attached hydrogens (tertiary/aromatic N) is 3. The minimum atomic E-state index is -1.03. The van der Waals surface area contributed by atoms with Crippen LogP contribution in [-0.2, 0) is 4.79 Å². The van der Waals surface area contributed by atoms with E-state index in [9.17, 15) is 9.59 Å². The monoisotopic (exact) mass is 275 g/mol. The number of nitriles is 1. The zero-order valence-corrected chi connectivity index (χ0v) is 11.7. The average molecular weight is 275 g/mol. The summed E-state index contributed by atoms with van der Waals surface area (Å²) in [4.78, 5) is 25.8. The molecule has 0 fully saturated rings. The molecule has 106 valence electrons. The lowest BCUT2D eigenvalue weighted by atomic mass is 10.2. The molecule has 0 aliphatic rings. The van der Waals surface area contributed by atoms with Crippen LogP contribution in [0.3, 0.4) is 0 Å². The van der Waals surface area contributed by atoms with Crippen LogP contribution >= 0.6 is 0 Å². The number of hydrogen-bond acceptors (Lipinski definition) is 3. The van der Waals surface area contributed by atoms with Gasteiger partial charge in [-0.1, -0.05) is 6.92 Å². The van der Waals surface area contributed by atoms with Crippen LogP contribution in [0.2, 0.25) is 0 Å². The van der Waals surface area contributed by atoms with Crippen LogP contribution in [0.1, 0.15) is 18.9 Å². The van der Waals surface area contributed by atoms with Crippen LogP contribution in [-0.4, -0.2) is 42.1 Å². The molecule has 1 aromatic carbocycles. The number of amides is 2. The first-order valence-corrected chi connectivity index (χ1v) is 6.15. The number of benzene rings is 1. The highest BCUT2D eigenvalue weighted by Gasteiger charge is 2.27. The molecule has 0 aliphatic carbocycles. The Morgan fingerprint density at radius 2 is 1.85 bits per heavy atom. The number of anilines is 1.